The van der Waals surface area contributed by atoms with Crippen molar-refractivity contribution in [1.82, 2.24) is 9.97 Å². The fourth-order valence-corrected chi connectivity index (χ4v) is 2.37. The minimum atomic E-state index is -2.59. The molecule has 0 bridgehead atoms. The molecule has 3 rings (SSSR count). The molecule has 0 aromatic carbocycles. The third-order valence-corrected chi connectivity index (χ3v) is 3.35. The van der Waals surface area contributed by atoms with Gasteiger partial charge in [-0.1, -0.05) is 0 Å². The number of rotatable bonds is 3. The molecule has 102 valence electrons. The largest absolute Gasteiger partial charge is 0.370 e. The minimum absolute atomic E-state index is 0.0898. The van der Waals surface area contributed by atoms with Crippen molar-refractivity contribution in [3.8, 4) is 0 Å². The Hall–Kier alpha value is -1.63. The molecule has 5 nitrogen and oxygen atoms in total. The Morgan fingerprint density at radius 3 is 3.00 bits per heavy atom. The second kappa shape index (κ2) is 4.48. The van der Waals surface area contributed by atoms with Crippen molar-refractivity contribution in [3.05, 3.63) is 17.5 Å². The van der Waals surface area contributed by atoms with Crippen LogP contribution in [0.15, 0.2) is 6.20 Å². The Morgan fingerprint density at radius 1 is 1.47 bits per heavy atom. The molecule has 2 aliphatic rings. The van der Waals surface area contributed by atoms with Gasteiger partial charge in [-0.2, -0.15) is 0 Å². The number of ether oxygens (including phenoxy) is 1. The van der Waals surface area contributed by atoms with Gasteiger partial charge in [0, 0.05) is 31.0 Å². The molecule has 1 aromatic heterocycles. The standard InChI is InChI=1S/C12H13F2N3O2/c13-12(14)2-7(3-12)1-10(18)17-11-15-4-8-5-19-6-9(8)16-11/h4,7H,1-3,5-6H2,(H,15,16,17,18). The maximum Gasteiger partial charge on any atom is 0.248 e. The van der Waals surface area contributed by atoms with E-state index in [0.29, 0.717) is 13.2 Å². The number of nitrogens with one attached hydrogen (secondary N) is 1. The number of anilines is 1. The summed E-state index contributed by atoms with van der Waals surface area (Å²) in [5.74, 6) is -2.95. The Kier molecular flexibility index (Phi) is 2.93. The number of halogens is 2. The summed E-state index contributed by atoms with van der Waals surface area (Å²) < 4.78 is 30.5. The summed E-state index contributed by atoms with van der Waals surface area (Å²) in [5, 5.41) is 2.54. The van der Waals surface area contributed by atoms with Crippen LogP contribution in [0.2, 0.25) is 0 Å². The molecule has 1 N–H and O–H groups in total. The summed E-state index contributed by atoms with van der Waals surface area (Å²) in [5.41, 5.74) is 1.68. The van der Waals surface area contributed by atoms with Gasteiger partial charge in [-0.05, 0) is 5.92 Å². The van der Waals surface area contributed by atoms with Gasteiger partial charge in [0.1, 0.15) is 0 Å². The number of hydrogen-bond donors (Lipinski definition) is 1. The van der Waals surface area contributed by atoms with E-state index in [1.807, 2.05) is 0 Å². The van der Waals surface area contributed by atoms with Crippen LogP contribution in [0.3, 0.4) is 0 Å². The smallest absolute Gasteiger partial charge is 0.248 e. The van der Waals surface area contributed by atoms with Gasteiger partial charge >= 0.3 is 0 Å². The van der Waals surface area contributed by atoms with Crippen LogP contribution >= 0.6 is 0 Å². The van der Waals surface area contributed by atoms with Crippen LogP contribution in [0.1, 0.15) is 30.5 Å². The lowest BCUT2D eigenvalue weighted by Gasteiger charge is -2.34. The van der Waals surface area contributed by atoms with Gasteiger partial charge in [0.05, 0.1) is 18.9 Å². The number of fused-ring (bicyclic) bond motifs is 1. The molecule has 0 unspecified atom stereocenters. The van der Waals surface area contributed by atoms with Crippen molar-refractivity contribution in [2.75, 3.05) is 5.32 Å². The first-order valence-corrected chi connectivity index (χ1v) is 6.12. The summed E-state index contributed by atoms with van der Waals surface area (Å²) in [6.45, 7) is 0.899. The third kappa shape index (κ3) is 2.70. The molecule has 7 heteroatoms. The van der Waals surface area contributed by atoms with E-state index in [1.165, 1.54) is 0 Å². The Balaban J connectivity index is 1.55. The summed E-state index contributed by atoms with van der Waals surface area (Å²) in [6.07, 6.45) is 1.29. The number of nitrogens with zero attached hydrogens (tertiary/aromatic N) is 2. The lowest BCUT2D eigenvalue weighted by Crippen LogP contribution is -2.37. The highest BCUT2D eigenvalue weighted by molar-refractivity contribution is 5.89. The Bertz CT molecular complexity index is 514. The van der Waals surface area contributed by atoms with Gasteiger partial charge < -0.3 is 4.74 Å². The molecule has 1 aliphatic carbocycles. The van der Waals surface area contributed by atoms with Crippen LogP contribution < -0.4 is 5.32 Å². The number of amides is 1. The number of aromatic nitrogens is 2. The van der Waals surface area contributed by atoms with Crippen LogP contribution in [-0.2, 0) is 22.7 Å². The maximum absolute atomic E-state index is 12.6. The molecule has 19 heavy (non-hydrogen) atoms. The summed E-state index contributed by atoms with van der Waals surface area (Å²) in [6, 6.07) is 0. The normalized spacial score (nSPS) is 20.7. The fourth-order valence-electron chi connectivity index (χ4n) is 2.37. The second-order valence-electron chi connectivity index (χ2n) is 5.04. The highest BCUT2D eigenvalue weighted by Crippen LogP contribution is 2.44. The van der Waals surface area contributed by atoms with E-state index < -0.39 is 5.92 Å². The quantitative estimate of drug-likeness (QED) is 0.910. The zero-order chi connectivity index (χ0) is 13.5. The predicted molar refractivity (Wildman–Crippen MR) is 61.4 cm³/mol. The third-order valence-electron chi connectivity index (χ3n) is 3.35. The van der Waals surface area contributed by atoms with Crippen LogP contribution in [0.5, 0.6) is 0 Å². The molecule has 0 saturated heterocycles. The van der Waals surface area contributed by atoms with E-state index in [9.17, 15) is 13.6 Å². The van der Waals surface area contributed by atoms with Crippen LogP contribution in [0.25, 0.3) is 0 Å². The minimum Gasteiger partial charge on any atom is -0.370 e. The van der Waals surface area contributed by atoms with Crippen molar-refractivity contribution in [1.29, 1.82) is 0 Å². The molecule has 1 saturated carbocycles. The highest BCUT2D eigenvalue weighted by atomic mass is 19.3. The predicted octanol–water partition coefficient (Wildman–Crippen LogP) is 1.88. The van der Waals surface area contributed by atoms with Crippen LogP contribution in [0, 0.1) is 5.92 Å². The molecule has 1 aromatic rings. The summed E-state index contributed by atoms with van der Waals surface area (Å²) in [4.78, 5) is 19.8. The van der Waals surface area contributed by atoms with Crippen molar-refractivity contribution in [2.24, 2.45) is 5.92 Å². The zero-order valence-corrected chi connectivity index (χ0v) is 10.2. The lowest BCUT2D eigenvalue weighted by atomic mass is 9.79. The Morgan fingerprint density at radius 2 is 2.26 bits per heavy atom. The first-order chi connectivity index (χ1) is 9.02. The number of alkyl halides is 2. The van der Waals surface area contributed by atoms with Crippen molar-refractivity contribution < 1.29 is 18.3 Å². The van der Waals surface area contributed by atoms with Gasteiger partial charge in [0.2, 0.25) is 17.8 Å². The Labute approximate surface area is 108 Å². The second-order valence-corrected chi connectivity index (χ2v) is 5.04. The fraction of sp³-hybridized carbons (Fsp3) is 0.583. The molecule has 1 fully saturated rings. The molecular weight excluding hydrogens is 256 g/mol. The topological polar surface area (TPSA) is 64.1 Å². The number of carbonyl (C=O) groups is 1. The van der Waals surface area contributed by atoms with Crippen molar-refractivity contribution in [2.45, 2.75) is 38.4 Å². The van der Waals surface area contributed by atoms with E-state index in [4.69, 9.17) is 4.74 Å². The lowest BCUT2D eigenvalue weighted by molar-refractivity contribution is -0.129. The van der Waals surface area contributed by atoms with Gasteiger partial charge in [0.25, 0.3) is 0 Å². The van der Waals surface area contributed by atoms with E-state index in [2.05, 4.69) is 15.3 Å². The number of carbonyl (C=O) groups excluding carboxylic acids is 1. The van der Waals surface area contributed by atoms with E-state index >= 15 is 0 Å². The van der Waals surface area contributed by atoms with Gasteiger partial charge in [-0.3, -0.25) is 10.1 Å². The van der Waals surface area contributed by atoms with Crippen LogP contribution in [0.4, 0.5) is 14.7 Å². The molecule has 1 aliphatic heterocycles. The summed E-state index contributed by atoms with van der Waals surface area (Å²) in [7, 11) is 0. The molecule has 0 spiro atoms. The van der Waals surface area contributed by atoms with Gasteiger partial charge in [-0.15, -0.1) is 0 Å². The van der Waals surface area contributed by atoms with Crippen LogP contribution in [-0.4, -0.2) is 21.8 Å². The number of hydrogen-bond acceptors (Lipinski definition) is 4. The molecular formula is C12H13F2N3O2. The van der Waals surface area contributed by atoms with E-state index in [0.717, 1.165) is 11.3 Å². The van der Waals surface area contributed by atoms with Crippen molar-refractivity contribution >= 4 is 11.9 Å². The average molecular weight is 269 g/mol. The molecule has 2 heterocycles. The van der Waals surface area contributed by atoms with Gasteiger partial charge in [-0.25, -0.2) is 18.7 Å². The zero-order valence-electron chi connectivity index (χ0n) is 10.2. The van der Waals surface area contributed by atoms with E-state index in [-0.39, 0.29) is 37.0 Å². The molecule has 0 radical (unpaired) electrons. The first-order valence-electron chi connectivity index (χ1n) is 6.12. The van der Waals surface area contributed by atoms with Crippen molar-refractivity contribution in [3.63, 3.8) is 0 Å². The molecule has 1 amide bonds. The first kappa shape index (κ1) is 12.4. The van der Waals surface area contributed by atoms with Gasteiger partial charge in [0.15, 0.2) is 0 Å². The van der Waals surface area contributed by atoms with E-state index in [1.54, 1.807) is 6.20 Å². The highest BCUT2D eigenvalue weighted by Gasteiger charge is 2.45. The molecule has 0 atom stereocenters. The summed E-state index contributed by atoms with van der Waals surface area (Å²) >= 11 is 0. The monoisotopic (exact) mass is 269 g/mol. The average Bonchev–Trinajstić information content (AvgIpc) is 2.73. The maximum atomic E-state index is 12.6. The SMILES string of the molecule is O=C(CC1CC(F)(F)C1)Nc1ncc2c(n1)COC2.